The summed E-state index contributed by atoms with van der Waals surface area (Å²) in [6, 6.07) is 11.8. The minimum absolute atomic E-state index is 0.0546. The van der Waals surface area contributed by atoms with Gasteiger partial charge in [0.05, 0.1) is 21.3 Å². The maximum atomic E-state index is 12.1. The van der Waals surface area contributed by atoms with Crippen LogP contribution in [0.3, 0.4) is 0 Å². The third-order valence-electron chi connectivity index (χ3n) is 4.28. The first-order valence-electron chi connectivity index (χ1n) is 8.68. The van der Waals surface area contributed by atoms with E-state index in [1.165, 1.54) is 0 Å². The zero-order chi connectivity index (χ0) is 18.9. The first-order valence-corrected chi connectivity index (χ1v) is 8.68. The Morgan fingerprint density at radius 1 is 0.846 bits per heavy atom. The molecule has 1 amide bonds. The lowest BCUT2D eigenvalue weighted by atomic mass is 10.1. The minimum atomic E-state index is 0.0546. The van der Waals surface area contributed by atoms with Gasteiger partial charge in [-0.15, -0.1) is 0 Å². The summed E-state index contributed by atoms with van der Waals surface area (Å²) in [7, 11) is 4.89. The Morgan fingerprint density at radius 2 is 1.46 bits per heavy atom. The Kier molecular flexibility index (Phi) is 7.33. The molecule has 0 heterocycles. The van der Waals surface area contributed by atoms with Gasteiger partial charge in [-0.1, -0.05) is 18.2 Å². The van der Waals surface area contributed by atoms with Gasteiger partial charge >= 0.3 is 0 Å². The number of benzene rings is 2. The number of nitrogens with one attached hydrogen (secondary N) is 1. The molecule has 0 spiro atoms. The Hall–Kier alpha value is -2.69. The number of aryl methyl sites for hydroxylation is 2. The van der Waals surface area contributed by atoms with E-state index in [-0.39, 0.29) is 5.91 Å². The molecule has 0 radical (unpaired) electrons. The van der Waals surface area contributed by atoms with Crippen molar-refractivity contribution < 1.29 is 19.0 Å². The number of amides is 1. The summed E-state index contributed by atoms with van der Waals surface area (Å²) in [4.78, 5) is 12.1. The third kappa shape index (κ3) is 5.41. The fourth-order valence-electron chi connectivity index (χ4n) is 2.82. The highest BCUT2D eigenvalue weighted by Gasteiger charge is 2.07. The van der Waals surface area contributed by atoms with Gasteiger partial charge in [0.2, 0.25) is 5.91 Å². The van der Waals surface area contributed by atoms with Crippen molar-refractivity contribution in [2.45, 2.75) is 26.2 Å². The highest BCUT2D eigenvalue weighted by Crippen LogP contribution is 2.27. The molecule has 0 aromatic heterocycles. The fraction of sp³-hybridized carbons (Fsp3) is 0.381. The molecule has 2 rings (SSSR count). The van der Waals surface area contributed by atoms with E-state index in [0.717, 1.165) is 28.9 Å². The first kappa shape index (κ1) is 19.6. The van der Waals surface area contributed by atoms with Crippen molar-refractivity contribution in [2.24, 2.45) is 0 Å². The van der Waals surface area contributed by atoms with E-state index in [0.29, 0.717) is 30.9 Å². The van der Waals surface area contributed by atoms with Crippen molar-refractivity contribution in [1.82, 2.24) is 5.32 Å². The number of rotatable bonds is 9. The van der Waals surface area contributed by atoms with Crippen molar-refractivity contribution >= 4 is 5.91 Å². The van der Waals surface area contributed by atoms with Crippen LogP contribution in [0.4, 0.5) is 0 Å². The van der Waals surface area contributed by atoms with Crippen LogP contribution in [0.2, 0.25) is 0 Å². The van der Waals surface area contributed by atoms with Gasteiger partial charge in [-0.2, -0.15) is 0 Å². The number of carbonyl (C=O) groups excluding carboxylic acids is 1. The highest BCUT2D eigenvalue weighted by atomic mass is 16.5. The Bertz CT molecular complexity index is 743. The van der Waals surface area contributed by atoms with Crippen LogP contribution in [-0.2, 0) is 17.6 Å². The van der Waals surface area contributed by atoms with E-state index in [1.807, 2.05) is 37.3 Å². The first-order chi connectivity index (χ1) is 12.6. The van der Waals surface area contributed by atoms with E-state index in [9.17, 15) is 4.79 Å². The van der Waals surface area contributed by atoms with Crippen LogP contribution >= 0.6 is 0 Å². The molecule has 2 aromatic carbocycles. The molecule has 5 nitrogen and oxygen atoms in total. The average Bonchev–Trinajstić information content (AvgIpc) is 2.66. The number of hydrogen-bond donors (Lipinski definition) is 1. The van der Waals surface area contributed by atoms with Gasteiger partial charge in [-0.05, 0) is 54.7 Å². The maximum Gasteiger partial charge on any atom is 0.220 e. The fourth-order valence-corrected chi connectivity index (χ4v) is 2.82. The molecular weight excluding hydrogens is 330 g/mol. The molecular formula is C21H27NO4. The van der Waals surface area contributed by atoms with E-state index in [1.54, 1.807) is 21.3 Å². The molecule has 140 valence electrons. The predicted octanol–water partition coefficient (Wildman–Crippen LogP) is 3.31. The molecule has 0 saturated carbocycles. The molecule has 0 aliphatic rings. The summed E-state index contributed by atoms with van der Waals surface area (Å²) in [6.45, 7) is 2.60. The number of ether oxygens (including phenoxy) is 3. The second-order valence-electron chi connectivity index (χ2n) is 6.09. The Labute approximate surface area is 155 Å². The van der Waals surface area contributed by atoms with Crippen molar-refractivity contribution in [3.8, 4) is 17.2 Å². The zero-order valence-electron chi connectivity index (χ0n) is 15.9. The molecule has 1 N–H and O–H groups in total. The number of carbonyl (C=O) groups is 1. The molecule has 0 bridgehead atoms. The Balaban J connectivity index is 1.78. The lowest BCUT2D eigenvalue weighted by Crippen LogP contribution is -2.25. The smallest absolute Gasteiger partial charge is 0.220 e. The van der Waals surface area contributed by atoms with Crippen molar-refractivity contribution in [3.63, 3.8) is 0 Å². The van der Waals surface area contributed by atoms with E-state index in [2.05, 4.69) is 11.4 Å². The van der Waals surface area contributed by atoms with Gasteiger partial charge in [-0.25, -0.2) is 0 Å². The van der Waals surface area contributed by atoms with E-state index >= 15 is 0 Å². The van der Waals surface area contributed by atoms with Gasteiger partial charge in [0.1, 0.15) is 5.75 Å². The summed E-state index contributed by atoms with van der Waals surface area (Å²) in [5, 5.41) is 2.97. The SMILES string of the molecule is COc1ccc(CCC(=O)NCCc2ccc(OC)c(OC)c2)cc1C. The van der Waals surface area contributed by atoms with Crippen LogP contribution < -0.4 is 19.5 Å². The second-order valence-corrected chi connectivity index (χ2v) is 6.09. The molecule has 0 aliphatic carbocycles. The molecule has 0 fully saturated rings. The molecule has 0 saturated heterocycles. The summed E-state index contributed by atoms with van der Waals surface area (Å²) in [5.41, 5.74) is 3.31. The monoisotopic (exact) mass is 357 g/mol. The molecule has 5 heteroatoms. The summed E-state index contributed by atoms with van der Waals surface area (Å²) in [6.07, 6.45) is 1.93. The number of methoxy groups -OCH3 is 3. The van der Waals surface area contributed by atoms with Gasteiger partial charge < -0.3 is 19.5 Å². The predicted molar refractivity (Wildman–Crippen MR) is 102 cm³/mol. The van der Waals surface area contributed by atoms with Crippen LogP contribution in [0.5, 0.6) is 17.2 Å². The van der Waals surface area contributed by atoms with Crippen LogP contribution in [0.25, 0.3) is 0 Å². The Morgan fingerprint density at radius 3 is 2.08 bits per heavy atom. The topological polar surface area (TPSA) is 56.8 Å². The quantitative estimate of drug-likeness (QED) is 0.748. The normalized spacial score (nSPS) is 10.3. The van der Waals surface area contributed by atoms with Crippen LogP contribution in [0.15, 0.2) is 36.4 Å². The summed E-state index contributed by atoms with van der Waals surface area (Å²) >= 11 is 0. The van der Waals surface area contributed by atoms with Crippen molar-refractivity contribution in [3.05, 3.63) is 53.1 Å². The minimum Gasteiger partial charge on any atom is -0.496 e. The standard InChI is InChI=1S/C21H27NO4/c1-15-13-16(5-8-18(15)24-2)7-10-21(23)22-12-11-17-6-9-19(25-3)20(14-17)26-4/h5-6,8-9,13-14H,7,10-12H2,1-4H3,(H,22,23). The van der Waals surface area contributed by atoms with Crippen molar-refractivity contribution in [1.29, 1.82) is 0 Å². The van der Waals surface area contributed by atoms with Gasteiger partial charge in [0.15, 0.2) is 11.5 Å². The highest BCUT2D eigenvalue weighted by molar-refractivity contribution is 5.76. The molecule has 0 unspecified atom stereocenters. The van der Waals surface area contributed by atoms with Gasteiger partial charge in [-0.3, -0.25) is 4.79 Å². The number of hydrogen-bond acceptors (Lipinski definition) is 4. The largest absolute Gasteiger partial charge is 0.496 e. The van der Waals surface area contributed by atoms with Gasteiger partial charge in [0.25, 0.3) is 0 Å². The van der Waals surface area contributed by atoms with Crippen LogP contribution in [0, 0.1) is 6.92 Å². The zero-order valence-corrected chi connectivity index (χ0v) is 15.9. The third-order valence-corrected chi connectivity index (χ3v) is 4.28. The maximum absolute atomic E-state index is 12.1. The van der Waals surface area contributed by atoms with Gasteiger partial charge in [0, 0.05) is 13.0 Å². The van der Waals surface area contributed by atoms with Crippen LogP contribution in [0.1, 0.15) is 23.1 Å². The molecule has 0 aliphatic heterocycles. The molecule has 26 heavy (non-hydrogen) atoms. The van der Waals surface area contributed by atoms with E-state index in [4.69, 9.17) is 14.2 Å². The summed E-state index contributed by atoms with van der Waals surface area (Å²) < 4.78 is 15.8. The van der Waals surface area contributed by atoms with E-state index < -0.39 is 0 Å². The molecule has 0 atom stereocenters. The lowest BCUT2D eigenvalue weighted by Gasteiger charge is -2.10. The lowest BCUT2D eigenvalue weighted by molar-refractivity contribution is -0.121. The average molecular weight is 357 g/mol. The van der Waals surface area contributed by atoms with Crippen LogP contribution in [-0.4, -0.2) is 33.8 Å². The second kappa shape index (κ2) is 9.70. The van der Waals surface area contributed by atoms with Crippen molar-refractivity contribution in [2.75, 3.05) is 27.9 Å². The molecule has 2 aromatic rings. The summed E-state index contributed by atoms with van der Waals surface area (Å²) in [5.74, 6) is 2.33.